The Kier molecular flexibility index (Phi) is 4.62. The number of ether oxygens (including phenoxy) is 2. The SMILES string of the molecule is C=CCNc1ncc(-c2cc(F)cc(F)c2)c2cc3c(cc12)OCCCO3. The maximum absolute atomic E-state index is 13.8. The monoisotopic (exact) mass is 368 g/mol. The van der Waals surface area contributed by atoms with E-state index < -0.39 is 11.6 Å². The minimum absolute atomic E-state index is 0.412. The van der Waals surface area contributed by atoms with Crippen molar-refractivity contribution in [1.82, 2.24) is 4.98 Å². The van der Waals surface area contributed by atoms with Gasteiger partial charge in [-0.05, 0) is 35.2 Å². The van der Waals surface area contributed by atoms with Crippen molar-refractivity contribution in [2.24, 2.45) is 0 Å². The molecule has 0 atom stereocenters. The zero-order valence-corrected chi connectivity index (χ0v) is 14.6. The molecule has 4 nitrogen and oxygen atoms in total. The lowest BCUT2D eigenvalue weighted by atomic mass is 9.99. The lowest BCUT2D eigenvalue weighted by Crippen LogP contribution is -2.02. The van der Waals surface area contributed by atoms with Gasteiger partial charge in [-0.25, -0.2) is 13.8 Å². The van der Waals surface area contributed by atoms with E-state index in [0.29, 0.717) is 48.2 Å². The van der Waals surface area contributed by atoms with Gasteiger partial charge in [-0.2, -0.15) is 0 Å². The molecular formula is C21H18F2N2O2. The van der Waals surface area contributed by atoms with Crippen LogP contribution in [0.15, 0.2) is 49.2 Å². The first-order valence-electron chi connectivity index (χ1n) is 8.69. The van der Waals surface area contributed by atoms with Crippen LogP contribution in [-0.2, 0) is 0 Å². The molecule has 0 fully saturated rings. The van der Waals surface area contributed by atoms with Gasteiger partial charge in [-0.1, -0.05) is 6.08 Å². The van der Waals surface area contributed by atoms with Crippen molar-refractivity contribution in [2.75, 3.05) is 25.1 Å². The van der Waals surface area contributed by atoms with Gasteiger partial charge in [-0.3, -0.25) is 0 Å². The van der Waals surface area contributed by atoms with Gasteiger partial charge in [0.2, 0.25) is 0 Å². The van der Waals surface area contributed by atoms with E-state index in [1.54, 1.807) is 12.3 Å². The van der Waals surface area contributed by atoms with Crippen LogP contribution in [0.4, 0.5) is 14.6 Å². The number of fused-ring (bicyclic) bond motifs is 2. The van der Waals surface area contributed by atoms with Crippen molar-refractivity contribution >= 4 is 16.6 Å². The second-order valence-corrected chi connectivity index (χ2v) is 6.24. The zero-order valence-electron chi connectivity index (χ0n) is 14.6. The number of benzene rings is 2. The standard InChI is InChI=1S/C21H18F2N2O2/c1-2-4-24-21-17-11-20-19(26-5-3-6-27-20)10-16(17)18(12-25-21)13-7-14(22)9-15(23)8-13/h2,7-12H,1,3-6H2,(H,24,25). The minimum atomic E-state index is -0.638. The third-order valence-electron chi connectivity index (χ3n) is 4.34. The number of halogens is 2. The zero-order chi connectivity index (χ0) is 18.8. The summed E-state index contributed by atoms with van der Waals surface area (Å²) < 4.78 is 39.1. The predicted octanol–water partition coefficient (Wildman–Crippen LogP) is 4.94. The molecule has 2 heterocycles. The van der Waals surface area contributed by atoms with Crippen molar-refractivity contribution < 1.29 is 18.3 Å². The largest absolute Gasteiger partial charge is 0.490 e. The number of nitrogens with zero attached hydrogens (tertiary/aromatic N) is 1. The summed E-state index contributed by atoms with van der Waals surface area (Å²) in [4.78, 5) is 4.45. The van der Waals surface area contributed by atoms with Gasteiger partial charge in [0.1, 0.15) is 17.5 Å². The lowest BCUT2D eigenvalue weighted by Gasteiger charge is -2.15. The van der Waals surface area contributed by atoms with E-state index in [-0.39, 0.29) is 0 Å². The van der Waals surface area contributed by atoms with Crippen LogP contribution in [0, 0.1) is 11.6 Å². The Morgan fingerprint density at radius 3 is 2.33 bits per heavy atom. The van der Waals surface area contributed by atoms with Crippen molar-refractivity contribution in [2.45, 2.75) is 6.42 Å². The molecule has 0 saturated heterocycles. The Labute approximate surface area is 155 Å². The van der Waals surface area contributed by atoms with Crippen LogP contribution in [-0.4, -0.2) is 24.7 Å². The normalized spacial score (nSPS) is 13.3. The van der Waals surface area contributed by atoms with E-state index in [4.69, 9.17) is 9.47 Å². The van der Waals surface area contributed by atoms with Crippen molar-refractivity contribution in [1.29, 1.82) is 0 Å². The van der Waals surface area contributed by atoms with Crippen LogP contribution < -0.4 is 14.8 Å². The van der Waals surface area contributed by atoms with Gasteiger partial charge >= 0.3 is 0 Å². The van der Waals surface area contributed by atoms with Gasteiger partial charge in [0.05, 0.1) is 13.2 Å². The fraction of sp³-hybridized carbons (Fsp3) is 0.190. The highest BCUT2D eigenvalue weighted by Gasteiger charge is 2.17. The lowest BCUT2D eigenvalue weighted by molar-refractivity contribution is 0.297. The highest BCUT2D eigenvalue weighted by molar-refractivity contribution is 6.03. The minimum Gasteiger partial charge on any atom is -0.490 e. The summed E-state index contributed by atoms with van der Waals surface area (Å²) in [5.41, 5.74) is 1.03. The quantitative estimate of drug-likeness (QED) is 0.663. The molecule has 4 rings (SSSR count). The molecule has 2 aromatic carbocycles. The maximum Gasteiger partial charge on any atom is 0.161 e. The van der Waals surface area contributed by atoms with Crippen LogP contribution in [0.1, 0.15) is 6.42 Å². The van der Waals surface area contributed by atoms with Crippen LogP contribution in [0.2, 0.25) is 0 Å². The Bertz CT molecular complexity index is 1000. The smallest absolute Gasteiger partial charge is 0.161 e. The molecule has 0 amide bonds. The van der Waals surface area contributed by atoms with Crippen LogP contribution in [0.5, 0.6) is 11.5 Å². The predicted molar refractivity (Wildman–Crippen MR) is 101 cm³/mol. The highest BCUT2D eigenvalue weighted by Crippen LogP contribution is 2.40. The summed E-state index contributed by atoms with van der Waals surface area (Å²) in [7, 11) is 0. The number of hydrogen-bond donors (Lipinski definition) is 1. The number of rotatable bonds is 4. The average molecular weight is 368 g/mol. The van der Waals surface area contributed by atoms with Gasteiger partial charge in [0, 0.05) is 36.2 Å². The van der Waals surface area contributed by atoms with E-state index in [0.717, 1.165) is 23.3 Å². The number of pyridine rings is 1. The molecule has 0 unspecified atom stereocenters. The Hall–Kier alpha value is -3.15. The molecular weight excluding hydrogens is 350 g/mol. The van der Waals surface area contributed by atoms with E-state index in [2.05, 4.69) is 16.9 Å². The van der Waals surface area contributed by atoms with Crippen molar-refractivity contribution in [3.63, 3.8) is 0 Å². The fourth-order valence-electron chi connectivity index (χ4n) is 3.14. The second kappa shape index (κ2) is 7.23. The number of hydrogen-bond acceptors (Lipinski definition) is 4. The molecule has 0 spiro atoms. The highest BCUT2D eigenvalue weighted by atomic mass is 19.1. The molecule has 1 aromatic heterocycles. The topological polar surface area (TPSA) is 43.4 Å². The van der Waals surface area contributed by atoms with E-state index >= 15 is 0 Å². The Morgan fingerprint density at radius 1 is 1.00 bits per heavy atom. The maximum atomic E-state index is 13.8. The molecule has 6 heteroatoms. The summed E-state index contributed by atoms with van der Waals surface area (Å²) in [5.74, 6) is 0.605. The van der Waals surface area contributed by atoms with E-state index in [1.807, 2.05) is 12.1 Å². The molecule has 0 radical (unpaired) electrons. The average Bonchev–Trinajstić information content (AvgIpc) is 2.88. The first-order chi connectivity index (χ1) is 13.2. The van der Waals surface area contributed by atoms with Gasteiger partial charge in [0.15, 0.2) is 11.5 Å². The Balaban J connectivity index is 1.96. The molecule has 138 valence electrons. The summed E-state index contributed by atoms with van der Waals surface area (Å²) in [6.45, 7) is 5.35. The molecule has 0 bridgehead atoms. The molecule has 0 aliphatic carbocycles. The molecule has 3 aromatic rings. The number of anilines is 1. The van der Waals surface area contributed by atoms with E-state index in [1.165, 1.54) is 12.1 Å². The Morgan fingerprint density at radius 2 is 1.67 bits per heavy atom. The summed E-state index contributed by atoms with van der Waals surface area (Å²) >= 11 is 0. The summed E-state index contributed by atoms with van der Waals surface area (Å²) in [5, 5.41) is 4.74. The van der Waals surface area contributed by atoms with Crippen molar-refractivity contribution in [3.05, 3.63) is 60.8 Å². The molecule has 0 saturated carbocycles. The van der Waals surface area contributed by atoms with Gasteiger partial charge < -0.3 is 14.8 Å². The van der Waals surface area contributed by atoms with Crippen molar-refractivity contribution in [3.8, 4) is 22.6 Å². The summed E-state index contributed by atoms with van der Waals surface area (Å²) in [6, 6.07) is 7.13. The first kappa shape index (κ1) is 17.3. The van der Waals surface area contributed by atoms with Crippen LogP contribution in [0.3, 0.4) is 0 Å². The molecule has 27 heavy (non-hydrogen) atoms. The van der Waals surface area contributed by atoms with Crippen LogP contribution >= 0.6 is 0 Å². The fourth-order valence-corrected chi connectivity index (χ4v) is 3.14. The number of nitrogens with one attached hydrogen (secondary N) is 1. The molecule has 1 N–H and O–H groups in total. The van der Waals surface area contributed by atoms with Gasteiger partial charge in [0.25, 0.3) is 0 Å². The molecule has 1 aliphatic rings. The summed E-state index contributed by atoms with van der Waals surface area (Å²) in [6.07, 6.45) is 4.12. The molecule has 1 aliphatic heterocycles. The van der Waals surface area contributed by atoms with Crippen LogP contribution in [0.25, 0.3) is 21.9 Å². The third kappa shape index (κ3) is 3.43. The first-order valence-corrected chi connectivity index (χ1v) is 8.69. The van der Waals surface area contributed by atoms with Gasteiger partial charge in [-0.15, -0.1) is 6.58 Å². The second-order valence-electron chi connectivity index (χ2n) is 6.24. The number of aromatic nitrogens is 1. The van der Waals surface area contributed by atoms with E-state index in [9.17, 15) is 8.78 Å². The third-order valence-corrected chi connectivity index (χ3v) is 4.34.